The summed E-state index contributed by atoms with van der Waals surface area (Å²) in [5.41, 5.74) is 2.64. The van der Waals surface area contributed by atoms with Gasteiger partial charge in [-0.1, -0.05) is 23.9 Å². The zero-order valence-corrected chi connectivity index (χ0v) is 19.6. The Morgan fingerprint density at radius 2 is 1.91 bits per heavy atom. The van der Waals surface area contributed by atoms with Gasteiger partial charge in [0.25, 0.3) is 0 Å². The fraction of sp³-hybridized carbons (Fsp3) is 0.375. The molecule has 4 rings (SSSR count). The van der Waals surface area contributed by atoms with E-state index in [1.54, 1.807) is 12.1 Å². The number of anilines is 1. The first-order valence-electron chi connectivity index (χ1n) is 11.0. The molecule has 0 bridgehead atoms. The number of ether oxygens (including phenoxy) is 1. The van der Waals surface area contributed by atoms with Gasteiger partial charge in [0.15, 0.2) is 11.0 Å². The highest BCUT2D eigenvalue weighted by atomic mass is 32.2. The van der Waals surface area contributed by atoms with Crippen LogP contribution < -0.4 is 5.32 Å². The second-order valence-corrected chi connectivity index (χ2v) is 9.35. The van der Waals surface area contributed by atoms with Crippen LogP contribution in [0.1, 0.15) is 12.5 Å². The topological polar surface area (TPSA) is 72.3 Å². The van der Waals surface area contributed by atoms with E-state index < -0.39 is 0 Å². The first-order valence-corrected chi connectivity index (χ1v) is 11.9. The van der Waals surface area contributed by atoms with E-state index in [0.717, 1.165) is 49.7 Å². The zero-order valence-electron chi connectivity index (χ0n) is 18.8. The quantitative estimate of drug-likeness (QED) is 0.506. The van der Waals surface area contributed by atoms with Crippen LogP contribution in [0, 0.1) is 12.7 Å². The van der Waals surface area contributed by atoms with Crippen molar-refractivity contribution in [2.24, 2.45) is 0 Å². The van der Waals surface area contributed by atoms with E-state index in [9.17, 15) is 9.18 Å². The van der Waals surface area contributed by atoms with Crippen molar-refractivity contribution in [3.8, 4) is 11.4 Å². The molecule has 1 amide bonds. The Labute approximate surface area is 197 Å². The van der Waals surface area contributed by atoms with E-state index in [1.165, 1.54) is 23.9 Å². The number of hydrogen-bond acceptors (Lipinski definition) is 6. The molecule has 9 heteroatoms. The zero-order chi connectivity index (χ0) is 23.2. The summed E-state index contributed by atoms with van der Waals surface area (Å²) < 4.78 is 20.9. The third-order valence-electron chi connectivity index (χ3n) is 5.50. The van der Waals surface area contributed by atoms with Gasteiger partial charge >= 0.3 is 0 Å². The Balaban J connectivity index is 1.51. The number of aryl methyl sites for hydroxylation is 1. The van der Waals surface area contributed by atoms with Crippen molar-refractivity contribution >= 4 is 23.4 Å². The van der Waals surface area contributed by atoms with Gasteiger partial charge in [0.2, 0.25) is 5.91 Å². The van der Waals surface area contributed by atoms with Gasteiger partial charge in [-0.05, 0) is 55.8 Å². The predicted octanol–water partition coefficient (Wildman–Crippen LogP) is 3.84. The fourth-order valence-electron chi connectivity index (χ4n) is 3.63. The minimum absolute atomic E-state index is 0.100. The number of rotatable bonds is 8. The molecule has 1 fully saturated rings. The van der Waals surface area contributed by atoms with Crippen LogP contribution in [-0.2, 0) is 16.1 Å². The minimum Gasteiger partial charge on any atom is -0.379 e. The molecule has 7 nitrogen and oxygen atoms in total. The monoisotopic (exact) mass is 469 g/mol. The molecule has 1 atom stereocenters. The van der Waals surface area contributed by atoms with Crippen molar-refractivity contribution in [2.45, 2.75) is 30.8 Å². The first-order chi connectivity index (χ1) is 16.0. The summed E-state index contributed by atoms with van der Waals surface area (Å²) in [6.07, 6.45) is 0. The SMILES string of the molecule is Cc1cccc(NC(=O)C(C)Sc2nnc(-c3ccc(F)cc3)n2CCN2CCOCC2)c1. The number of morpholine rings is 1. The summed E-state index contributed by atoms with van der Waals surface area (Å²) in [4.78, 5) is 15.1. The molecule has 0 saturated carbocycles. The second kappa shape index (κ2) is 10.9. The number of aromatic nitrogens is 3. The Morgan fingerprint density at radius 3 is 2.64 bits per heavy atom. The van der Waals surface area contributed by atoms with Gasteiger partial charge < -0.3 is 14.6 Å². The summed E-state index contributed by atoms with van der Waals surface area (Å²) in [6, 6.07) is 14.0. The van der Waals surface area contributed by atoms with Crippen LogP contribution >= 0.6 is 11.8 Å². The number of amides is 1. The van der Waals surface area contributed by atoms with Crippen molar-refractivity contribution in [3.63, 3.8) is 0 Å². The van der Waals surface area contributed by atoms with E-state index in [-0.39, 0.29) is 17.0 Å². The van der Waals surface area contributed by atoms with Crippen LogP contribution in [0.4, 0.5) is 10.1 Å². The number of hydrogen-bond donors (Lipinski definition) is 1. The fourth-order valence-corrected chi connectivity index (χ4v) is 4.51. The number of nitrogens with one attached hydrogen (secondary N) is 1. The lowest BCUT2D eigenvalue weighted by atomic mass is 10.2. The van der Waals surface area contributed by atoms with Gasteiger partial charge in [-0.15, -0.1) is 10.2 Å². The second-order valence-electron chi connectivity index (χ2n) is 8.04. The van der Waals surface area contributed by atoms with Crippen molar-refractivity contribution < 1.29 is 13.9 Å². The van der Waals surface area contributed by atoms with E-state index in [1.807, 2.05) is 42.7 Å². The number of carbonyl (C=O) groups is 1. The third kappa shape index (κ3) is 6.19. The highest BCUT2D eigenvalue weighted by Crippen LogP contribution is 2.28. The Hall–Kier alpha value is -2.75. The molecule has 1 aromatic heterocycles. The molecule has 0 radical (unpaired) electrons. The van der Waals surface area contributed by atoms with Crippen LogP contribution in [0.15, 0.2) is 53.7 Å². The summed E-state index contributed by atoms with van der Waals surface area (Å²) in [5, 5.41) is 12.0. The average Bonchev–Trinajstić information content (AvgIpc) is 3.21. The molecule has 0 spiro atoms. The van der Waals surface area contributed by atoms with Crippen molar-refractivity contribution in [2.75, 3.05) is 38.2 Å². The lowest BCUT2D eigenvalue weighted by Gasteiger charge is -2.27. The van der Waals surface area contributed by atoms with E-state index in [4.69, 9.17) is 4.74 Å². The molecule has 0 aliphatic carbocycles. The standard InChI is InChI=1S/C24H28FN5O2S/c1-17-4-3-5-21(16-17)26-23(31)18(2)33-24-28-27-22(19-6-8-20(25)9-7-19)30(24)11-10-29-12-14-32-15-13-29/h3-9,16,18H,10-15H2,1-2H3,(H,26,31). The number of halogens is 1. The summed E-state index contributed by atoms with van der Waals surface area (Å²) >= 11 is 1.37. The molecular formula is C24H28FN5O2S. The third-order valence-corrected chi connectivity index (χ3v) is 6.58. The first kappa shape index (κ1) is 23.4. The molecule has 2 aromatic carbocycles. The average molecular weight is 470 g/mol. The lowest BCUT2D eigenvalue weighted by molar-refractivity contribution is -0.115. The Morgan fingerprint density at radius 1 is 1.15 bits per heavy atom. The maximum Gasteiger partial charge on any atom is 0.237 e. The highest BCUT2D eigenvalue weighted by molar-refractivity contribution is 8.00. The highest BCUT2D eigenvalue weighted by Gasteiger charge is 2.22. The molecular weight excluding hydrogens is 441 g/mol. The molecule has 174 valence electrons. The molecule has 1 unspecified atom stereocenters. The van der Waals surface area contributed by atoms with E-state index >= 15 is 0 Å². The number of carbonyl (C=O) groups excluding carboxylic acids is 1. The molecule has 1 N–H and O–H groups in total. The molecule has 33 heavy (non-hydrogen) atoms. The number of nitrogens with zero attached hydrogens (tertiary/aromatic N) is 4. The summed E-state index contributed by atoms with van der Waals surface area (Å²) in [6.45, 7) is 8.53. The van der Waals surface area contributed by atoms with Crippen molar-refractivity contribution in [1.82, 2.24) is 19.7 Å². The van der Waals surface area contributed by atoms with Crippen LogP contribution in [0.2, 0.25) is 0 Å². The van der Waals surface area contributed by atoms with Crippen LogP contribution in [0.5, 0.6) is 0 Å². The van der Waals surface area contributed by atoms with Crippen molar-refractivity contribution in [3.05, 3.63) is 59.9 Å². The Kier molecular flexibility index (Phi) is 7.74. The largest absolute Gasteiger partial charge is 0.379 e. The Bertz CT molecular complexity index is 1080. The van der Waals surface area contributed by atoms with Gasteiger partial charge in [0.05, 0.1) is 18.5 Å². The number of benzene rings is 2. The van der Waals surface area contributed by atoms with E-state index in [0.29, 0.717) is 17.5 Å². The van der Waals surface area contributed by atoms with Crippen molar-refractivity contribution in [1.29, 1.82) is 0 Å². The maximum absolute atomic E-state index is 13.5. The minimum atomic E-state index is -0.377. The molecule has 1 saturated heterocycles. The molecule has 1 aliphatic heterocycles. The summed E-state index contributed by atoms with van der Waals surface area (Å²) in [5.74, 6) is 0.267. The van der Waals surface area contributed by atoms with Gasteiger partial charge in [-0.3, -0.25) is 9.69 Å². The van der Waals surface area contributed by atoms with Crippen LogP contribution in [0.3, 0.4) is 0 Å². The van der Waals surface area contributed by atoms with Crippen LogP contribution in [-0.4, -0.2) is 63.7 Å². The van der Waals surface area contributed by atoms with E-state index in [2.05, 4.69) is 20.4 Å². The number of thioether (sulfide) groups is 1. The normalized spacial score (nSPS) is 15.4. The predicted molar refractivity (Wildman–Crippen MR) is 128 cm³/mol. The molecule has 2 heterocycles. The smallest absolute Gasteiger partial charge is 0.237 e. The van der Waals surface area contributed by atoms with Gasteiger partial charge in [-0.25, -0.2) is 4.39 Å². The maximum atomic E-state index is 13.5. The molecule has 3 aromatic rings. The van der Waals surface area contributed by atoms with Gasteiger partial charge in [0.1, 0.15) is 5.82 Å². The van der Waals surface area contributed by atoms with Gasteiger partial charge in [0, 0.05) is 37.4 Å². The molecule has 1 aliphatic rings. The van der Waals surface area contributed by atoms with Gasteiger partial charge in [-0.2, -0.15) is 0 Å². The lowest BCUT2D eigenvalue weighted by Crippen LogP contribution is -2.38. The summed E-state index contributed by atoms with van der Waals surface area (Å²) in [7, 11) is 0. The van der Waals surface area contributed by atoms with Crippen LogP contribution in [0.25, 0.3) is 11.4 Å².